The van der Waals surface area contributed by atoms with Crippen molar-refractivity contribution in [1.82, 2.24) is 14.7 Å². The highest BCUT2D eigenvalue weighted by Crippen LogP contribution is 2.26. The molecular weight excluding hydrogens is 362 g/mol. The van der Waals surface area contributed by atoms with E-state index in [1.807, 2.05) is 48.7 Å². The third-order valence-electron chi connectivity index (χ3n) is 4.89. The predicted molar refractivity (Wildman–Crippen MR) is 106 cm³/mol. The second kappa shape index (κ2) is 8.11. The number of carbonyl (C=O) groups is 1. The van der Waals surface area contributed by atoms with Gasteiger partial charge in [0.05, 0.1) is 17.5 Å². The highest BCUT2D eigenvalue weighted by Gasteiger charge is 2.18. The fraction of sp³-hybridized carbons (Fsp3) is 0.333. The van der Waals surface area contributed by atoms with Gasteiger partial charge in [-0.25, -0.2) is 4.98 Å². The lowest BCUT2D eigenvalue weighted by Gasteiger charge is -2.11. The van der Waals surface area contributed by atoms with Crippen molar-refractivity contribution < 1.29 is 9.53 Å². The largest absolute Gasteiger partial charge is 0.376 e. The molecule has 1 N–H and O–H groups in total. The minimum atomic E-state index is 0.0402. The number of aromatic nitrogens is 2. The van der Waals surface area contributed by atoms with E-state index in [0.717, 1.165) is 42.0 Å². The van der Waals surface area contributed by atoms with Crippen LogP contribution in [0.3, 0.4) is 0 Å². The van der Waals surface area contributed by atoms with Gasteiger partial charge in [-0.2, -0.15) is 0 Å². The van der Waals surface area contributed by atoms with Gasteiger partial charge in [0.15, 0.2) is 0 Å². The number of halogens is 1. The first-order chi connectivity index (χ1) is 13.2. The number of carbonyl (C=O) groups excluding carboxylic acids is 1. The van der Waals surface area contributed by atoms with Crippen molar-refractivity contribution >= 4 is 23.2 Å². The number of imidazole rings is 1. The van der Waals surface area contributed by atoms with Crippen LogP contribution in [0.2, 0.25) is 5.02 Å². The molecular formula is C21H22ClN3O2. The number of fused-ring (bicyclic) bond motifs is 1. The number of nitrogens with one attached hydrogen (secondary N) is 1. The van der Waals surface area contributed by atoms with Gasteiger partial charge in [-0.15, -0.1) is 0 Å². The molecule has 1 atom stereocenters. The Morgan fingerprint density at radius 3 is 2.89 bits per heavy atom. The maximum Gasteiger partial charge on any atom is 0.220 e. The standard InChI is InChI=1S/C21H22ClN3O2/c22-16-8-6-15(7-9-16)21-18(25-12-2-1-5-19(25)24-21)10-11-20(26)23-14-17-4-3-13-27-17/h1-2,5-9,12,17H,3-4,10-11,13-14H2,(H,23,26). The summed E-state index contributed by atoms with van der Waals surface area (Å²) in [6.45, 7) is 1.39. The molecule has 4 rings (SSSR count). The van der Waals surface area contributed by atoms with Gasteiger partial charge in [-0.1, -0.05) is 29.8 Å². The van der Waals surface area contributed by atoms with Crippen molar-refractivity contribution in [3.05, 3.63) is 59.4 Å². The van der Waals surface area contributed by atoms with Crippen LogP contribution in [0, 0.1) is 0 Å². The quantitative estimate of drug-likeness (QED) is 0.702. The molecule has 27 heavy (non-hydrogen) atoms. The maximum absolute atomic E-state index is 12.3. The zero-order chi connectivity index (χ0) is 18.6. The summed E-state index contributed by atoms with van der Waals surface area (Å²) >= 11 is 6.02. The lowest BCUT2D eigenvalue weighted by Crippen LogP contribution is -2.31. The molecule has 3 heterocycles. The Hall–Kier alpha value is -2.37. The lowest BCUT2D eigenvalue weighted by molar-refractivity contribution is -0.121. The Morgan fingerprint density at radius 2 is 2.11 bits per heavy atom. The van der Waals surface area contributed by atoms with Crippen LogP contribution in [0.1, 0.15) is 25.0 Å². The van der Waals surface area contributed by atoms with Gasteiger partial charge < -0.3 is 14.5 Å². The first-order valence-corrected chi connectivity index (χ1v) is 9.69. The van der Waals surface area contributed by atoms with Crippen LogP contribution in [-0.4, -0.2) is 34.5 Å². The van der Waals surface area contributed by atoms with E-state index in [4.69, 9.17) is 21.3 Å². The summed E-state index contributed by atoms with van der Waals surface area (Å²) < 4.78 is 7.61. The fourth-order valence-corrected chi connectivity index (χ4v) is 3.60. The number of ether oxygens (including phenoxy) is 1. The third-order valence-corrected chi connectivity index (χ3v) is 5.14. The summed E-state index contributed by atoms with van der Waals surface area (Å²) in [5.74, 6) is 0.0402. The smallest absolute Gasteiger partial charge is 0.220 e. The van der Waals surface area contributed by atoms with Crippen molar-refractivity contribution in [3.63, 3.8) is 0 Å². The molecule has 0 radical (unpaired) electrons. The minimum Gasteiger partial charge on any atom is -0.376 e. The number of nitrogens with zero attached hydrogens (tertiary/aromatic N) is 2. The van der Waals surface area contributed by atoms with Crippen molar-refractivity contribution in [3.8, 4) is 11.3 Å². The molecule has 0 aliphatic carbocycles. The molecule has 140 valence electrons. The Balaban J connectivity index is 1.52. The highest BCUT2D eigenvalue weighted by molar-refractivity contribution is 6.30. The molecule has 3 aromatic rings. The predicted octanol–water partition coefficient (Wildman–Crippen LogP) is 3.88. The normalized spacial score (nSPS) is 16.7. The average molecular weight is 384 g/mol. The van der Waals surface area contributed by atoms with E-state index in [-0.39, 0.29) is 12.0 Å². The number of aryl methyl sites for hydroxylation is 1. The first-order valence-electron chi connectivity index (χ1n) is 9.31. The summed E-state index contributed by atoms with van der Waals surface area (Å²) in [5.41, 5.74) is 3.79. The molecule has 1 unspecified atom stereocenters. The summed E-state index contributed by atoms with van der Waals surface area (Å²) in [4.78, 5) is 17.1. The van der Waals surface area contributed by atoms with Gasteiger partial charge in [-0.05, 0) is 43.5 Å². The summed E-state index contributed by atoms with van der Waals surface area (Å²) in [5, 5.41) is 3.68. The molecule has 5 nitrogen and oxygen atoms in total. The van der Waals surface area contributed by atoms with Gasteiger partial charge >= 0.3 is 0 Å². The third kappa shape index (κ3) is 4.15. The van der Waals surface area contributed by atoms with E-state index in [0.29, 0.717) is 24.4 Å². The van der Waals surface area contributed by atoms with E-state index in [9.17, 15) is 4.79 Å². The van der Waals surface area contributed by atoms with Gasteiger partial charge in [0, 0.05) is 36.4 Å². The van der Waals surface area contributed by atoms with Crippen LogP contribution in [0.15, 0.2) is 48.7 Å². The molecule has 1 saturated heterocycles. The number of hydrogen-bond acceptors (Lipinski definition) is 3. The summed E-state index contributed by atoms with van der Waals surface area (Å²) in [7, 11) is 0. The molecule has 1 aliphatic rings. The van der Waals surface area contributed by atoms with Gasteiger partial charge in [0.2, 0.25) is 5.91 Å². The number of rotatable bonds is 6. The van der Waals surface area contributed by atoms with Crippen LogP contribution < -0.4 is 5.32 Å². The van der Waals surface area contributed by atoms with Crippen molar-refractivity contribution in [1.29, 1.82) is 0 Å². The summed E-state index contributed by atoms with van der Waals surface area (Å²) in [6.07, 6.45) is 5.27. The van der Waals surface area contributed by atoms with Gasteiger partial charge in [0.25, 0.3) is 0 Å². The topological polar surface area (TPSA) is 55.6 Å². The van der Waals surface area contributed by atoms with E-state index in [1.54, 1.807) is 0 Å². The van der Waals surface area contributed by atoms with Crippen molar-refractivity contribution in [2.75, 3.05) is 13.2 Å². The van der Waals surface area contributed by atoms with Crippen LogP contribution in [-0.2, 0) is 16.0 Å². The molecule has 1 amide bonds. The number of hydrogen-bond donors (Lipinski definition) is 1. The summed E-state index contributed by atoms with van der Waals surface area (Å²) in [6, 6.07) is 13.6. The highest BCUT2D eigenvalue weighted by atomic mass is 35.5. The van der Waals surface area contributed by atoms with Gasteiger partial charge in [-0.3, -0.25) is 4.79 Å². The molecule has 0 saturated carbocycles. The zero-order valence-electron chi connectivity index (χ0n) is 15.0. The van der Waals surface area contributed by atoms with Crippen LogP contribution in [0.4, 0.5) is 0 Å². The fourth-order valence-electron chi connectivity index (χ4n) is 3.48. The Morgan fingerprint density at radius 1 is 1.26 bits per heavy atom. The van der Waals surface area contributed by atoms with Gasteiger partial charge in [0.1, 0.15) is 5.65 Å². The van der Waals surface area contributed by atoms with Crippen molar-refractivity contribution in [2.24, 2.45) is 0 Å². The van der Waals surface area contributed by atoms with E-state index < -0.39 is 0 Å². The maximum atomic E-state index is 12.3. The Kier molecular flexibility index (Phi) is 5.41. The lowest BCUT2D eigenvalue weighted by atomic mass is 10.1. The monoisotopic (exact) mass is 383 g/mol. The Bertz CT molecular complexity index is 930. The molecule has 1 fully saturated rings. The van der Waals surface area contributed by atoms with Crippen molar-refractivity contribution in [2.45, 2.75) is 31.8 Å². The minimum absolute atomic E-state index is 0.0402. The Labute approximate surface area is 163 Å². The van der Waals surface area contributed by atoms with E-state index in [1.165, 1.54) is 0 Å². The van der Waals surface area contributed by atoms with E-state index >= 15 is 0 Å². The zero-order valence-corrected chi connectivity index (χ0v) is 15.8. The molecule has 6 heteroatoms. The number of benzene rings is 1. The first kappa shape index (κ1) is 18.0. The average Bonchev–Trinajstić information content (AvgIpc) is 3.33. The number of pyridine rings is 1. The van der Waals surface area contributed by atoms with Crippen LogP contribution in [0.5, 0.6) is 0 Å². The second-order valence-corrected chi connectivity index (χ2v) is 7.22. The second-order valence-electron chi connectivity index (χ2n) is 6.78. The number of amides is 1. The van der Waals surface area contributed by atoms with Crippen LogP contribution >= 0.6 is 11.6 Å². The molecule has 1 aromatic carbocycles. The molecule has 0 spiro atoms. The molecule has 2 aromatic heterocycles. The van der Waals surface area contributed by atoms with E-state index in [2.05, 4.69) is 9.72 Å². The SMILES string of the molecule is O=C(CCc1c(-c2ccc(Cl)cc2)nc2ccccn12)NCC1CCCO1. The molecule has 1 aliphatic heterocycles. The van der Waals surface area contributed by atoms with Crippen LogP contribution in [0.25, 0.3) is 16.9 Å². The molecule has 0 bridgehead atoms.